The van der Waals surface area contributed by atoms with Crippen LogP contribution in [0.2, 0.25) is 0 Å². The molecule has 0 atom stereocenters. The van der Waals surface area contributed by atoms with Gasteiger partial charge >= 0.3 is 0 Å². The number of carbonyl (C=O) groups excluding carboxylic acids is 1. The number of methoxy groups -OCH3 is 1. The molecule has 5 rings (SSSR count). The van der Waals surface area contributed by atoms with Gasteiger partial charge in [-0.05, 0) is 86.0 Å². The zero-order valence-corrected chi connectivity index (χ0v) is 24.6. The lowest BCUT2D eigenvalue weighted by Crippen LogP contribution is -2.18. The van der Waals surface area contributed by atoms with Gasteiger partial charge < -0.3 is 9.47 Å². The molecule has 1 aromatic heterocycles. The number of benzene rings is 4. The Morgan fingerprint density at radius 3 is 2.51 bits per heavy atom. The number of ether oxygens (including phenoxy) is 2. The van der Waals surface area contributed by atoms with Gasteiger partial charge in [0.1, 0.15) is 6.61 Å². The molecule has 0 aliphatic heterocycles. The summed E-state index contributed by atoms with van der Waals surface area (Å²) in [5, 5.41) is 4.97. The number of hydrazone groups is 1. The number of nitrogens with one attached hydrogen (secondary N) is 1. The average molecular weight is 692 g/mol. The summed E-state index contributed by atoms with van der Waals surface area (Å²) in [6.45, 7) is 0.403. The predicted octanol–water partition coefficient (Wildman–Crippen LogP) is 7.62. The maximum Gasteiger partial charge on any atom is 0.272 e. The molecule has 0 saturated carbocycles. The fourth-order valence-corrected chi connectivity index (χ4v) is 4.97. The zero-order chi connectivity index (χ0) is 27.2. The van der Waals surface area contributed by atoms with Crippen molar-refractivity contribution in [3.8, 4) is 22.8 Å². The molecule has 39 heavy (non-hydrogen) atoms. The van der Waals surface area contributed by atoms with E-state index in [2.05, 4.69) is 49.0 Å². The second-order valence-electron chi connectivity index (χ2n) is 8.59. The average Bonchev–Trinajstić information content (AvgIpc) is 2.97. The van der Waals surface area contributed by atoms with E-state index in [9.17, 15) is 4.79 Å². The van der Waals surface area contributed by atoms with E-state index >= 15 is 0 Å². The third-order valence-electron chi connectivity index (χ3n) is 5.96. The van der Waals surface area contributed by atoms with Gasteiger partial charge in [-0.1, -0.05) is 60.7 Å². The van der Waals surface area contributed by atoms with E-state index in [1.54, 1.807) is 25.5 Å². The predicted molar refractivity (Wildman–Crippen MR) is 166 cm³/mol. The normalized spacial score (nSPS) is 11.1. The van der Waals surface area contributed by atoms with Gasteiger partial charge in [-0.2, -0.15) is 5.10 Å². The number of rotatable bonds is 8. The Morgan fingerprint density at radius 2 is 1.74 bits per heavy atom. The van der Waals surface area contributed by atoms with E-state index in [1.165, 1.54) is 3.57 Å². The third kappa shape index (κ3) is 6.46. The Bertz CT molecular complexity index is 1660. The van der Waals surface area contributed by atoms with Crippen molar-refractivity contribution in [2.45, 2.75) is 6.61 Å². The van der Waals surface area contributed by atoms with E-state index < -0.39 is 0 Å². The fourth-order valence-electron chi connectivity index (χ4n) is 4.04. The minimum atomic E-state index is -0.328. The number of pyridine rings is 1. The van der Waals surface area contributed by atoms with Gasteiger partial charge in [0.05, 0.1) is 34.6 Å². The molecule has 0 unspecified atom stereocenters. The first-order chi connectivity index (χ1) is 19.0. The minimum absolute atomic E-state index is 0.328. The Morgan fingerprint density at radius 1 is 1.00 bits per heavy atom. The summed E-state index contributed by atoms with van der Waals surface area (Å²) < 4.78 is 13.5. The van der Waals surface area contributed by atoms with E-state index in [0.29, 0.717) is 28.1 Å². The Labute approximate surface area is 248 Å². The molecule has 0 spiro atoms. The van der Waals surface area contributed by atoms with Gasteiger partial charge in [0.2, 0.25) is 0 Å². The maximum atomic E-state index is 13.2. The number of halogens is 2. The second kappa shape index (κ2) is 12.4. The standard InChI is InChI=1S/C31H23BrIN3O3/c1-38-29-16-21(15-26(32)30(29)39-19-20-11-13-23(33)14-12-20)18-34-36-31(37)25-17-28(22-7-3-2-4-8-22)35-27-10-6-5-9-24(25)27/h2-18H,19H2,1H3,(H,36,37)/b34-18+. The maximum absolute atomic E-state index is 13.2. The second-order valence-corrected chi connectivity index (χ2v) is 10.7. The summed E-state index contributed by atoms with van der Waals surface area (Å²) in [6, 6.07) is 30.9. The van der Waals surface area contributed by atoms with Gasteiger partial charge in [0, 0.05) is 14.5 Å². The van der Waals surface area contributed by atoms with Crippen LogP contribution in [-0.4, -0.2) is 24.2 Å². The lowest BCUT2D eigenvalue weighted by molar-refractivity contribution is 0.0956. The smallest absolute Gasteiger partial charge is 0.272 e. The summed E-state index contributed by atoms with van der Waals surface area (Å²) in [5.41, 5.74) is 7.32. The third-order valence-corrected chi connectivity index (χ3v) is 7.27. The molecule has 1 amide bonds. The highest BCUT2D eigenvalue weighted by molar-refractivity contribution is 14.1. The van der Waals surface area contributed by atoms with Crippen LogP contribution in [0.15, 0.2) is 107 Å². The summed E-state index contributed by atoms with van der Waals surface area (Å²) in [6.07, 6.45) is 1.57. The quantitative estimate of drug-likeness (QED) is 0.103. The molecule has 0 fully saturated rings. The van der Waals surface area contributed by atoms with Crippen LogP contribution in [0, 0.1) is 3.57 Å². The highest BCUT2D eigenvalue weighted by Gasteiger charge is 2.14. The minimum Gasteiger partial charge on any atom is -0.493 e. The van der Waals surface area contributed by atoms with Gasteiger partial charge in [0.15, 0.2) is 11.5 Å². The Balaban J connectivity index is 1.34. The molecule has 0 bridgehead atoms. The van der Waals surface area contributed by atoms with Gasteiger partial charge in [0.25, 0.3) is 5.91 Å². The molecule has 1 N–H and O–H groups in total. The van der Waals surface area contributed by atoms with Crippen LogP contribution in [-0.2, 0) is 6.61 Å². The van der Waals surface area contributed by atoms with Crippen LogP contribution in [0.1, 0.15) is 21.5 Å². The zero-order valence-electron chi connectivity index (χ0n) is 20.9. The van der Waals surface area contributed by atoms with Crippen molar-refractivity contribution in [1.29, 1.82) is 0 Å². The summed E-state index contributed by atoms with van der Waals surface area (Å²) in [7, 11) is 1.58. The highest BCUT2D eigenvalue weighted by Crippen LogP contribution is 2.37. The molecule has 5 aromatic rings. The summed E-state index contributed by atoms with van der Waals surface area (Å²) in [4.78, 5) is 18.0. The molecule has 0 aliphatic rings. The van der Waals surface area contributed by atoms with Crippen molar-refractivity contribution in [1.82, 2.24) is 10.4 Å². The van der Waals surface area contributed by atoms with Gasteiger partial charge in [-0.15, -0.1) is 0 Å². The van der Waals surface area contributed by atoms with Crippen LogP contribution in [0.5, 0.6) is 11.5 Å². The van der Waals surface area contributed by atoms with Crippen LogP contribution >= 0.6 is 38.5 Å². The van der Waals surface area contributed by atoms with Crippen LogP contribution in [0.25, 0.3) is 22.2 Å². The Kier molecular flexibility index (Phi) is 8.53. The number of nitrogens with zero attached hydrogens (tertiary/aromatic N) is 2. The SMILES string of the molecule is COc1cc(/C=N/NC(=O)c2cc(-c3ccccc3)nc3ccccc23)cc(Br)c1OCc1ccc(I)cc1. The molecule has 6 nitrogen and oxygen atoms in total. The van der Waals surface area contributed by atoms with Crippen molar-refractivity contribution in [3.05, 3.63) is 122 Å². The van der Waals surface area contributed by atoms with Gasteiger partial charge in [-0.25, -0.2) is 10.4 Å². The summed E-state index contributed by atoms with van der Waals surface area (Å²) >= 11 is 5.85. The molecule has 4 aromatic carbocycles. The molecule has 0 saturated heterocycles. The number of aromatic nitrogens is 1. The van der Waals surface area contributed by atoms with Crippen molar-refractivity contribution in [2.75, 3.05) is 7.11 Å². The number of hydrogen-bond donors (Lipinski definition) is 1. The number of fused-ring (bicyclic) bond motifs is 1. The van der Waals surface area contributed by atoms with Crippen molar-refractivity contribution >= 4 is 61.5 Å². The Hall–Kier alpha value is -3.76. The lowest BCUT2D eigenvalue weighted by Gasteiger charge is -2.13. The molecule has 0 aliphatic carbocycles. The molecule has 1 heterocycles. The monoisotopic (exact) mass is 691 g/mol. The van der Waals surface area contributed by atoms with Crippen LogP contribution in [0.3, 0.4) is 0 Å². The van der Waals surface area contributed by atoms with E-state index in [-0.39, 0.29) is 5.91 Å². The first kappa shape index (κ1) is 26.8. The van der Waals surface area contributed by atoms with Crippen LogP contribution in [0.4, 0.5) is 0 Å². The summed E-state index contributed by atoms with van der Waals surface area (Å²) in [5.74, 6) is 0.815. The van der Waals surface area contributed by atoms with E-state index in [1.807, 2.05) is 84.9 Å². The molecule has 8 heteroatoms. The van der Waals surface area contributed by atoms with Crippen molar-refractivity contribution in [3.63, 3.8) is 0 Å². The number of para-hydroxylation sites is 1. The largest absolute Gasteiger partial charge is 0.493 e. The first-order valence-electron chi connectivity index (χ1n) is 12.0. The number of hydrogen-bond acceptors (Lipinski definition) is 5. The molecule has 194 valence electrons. The fraction of sp³-hybridized carbons (Fsp3) is 0.0645. The topological polar surface area (TPSA) is 72.8 Å². The lowest BCUT2D eigenvalue weighted by atomic mass is 10.0. The number of carbonyl (C=O) groups is 1. The number of amides is 1. The molecule has 0 radical (unpaired) electrons. The van der Waals surface area contributed by atoms with E-state index in [0.717, 1.165) is 33.3 Å². The van der Waals surface area contributed by atoms with Crippen LogP contribution < -0.4 is 14.9 Å². The van der Waals surface area contributed by atoms with Crippen molar-refractivity contribution < 1.29 is 14.3 Å². The van der Waals surface area contributed by atoms with Gasteiger partial charge in [-0.3, -0.25) is 4.79 Å². The van der Waals surface area contributed by atoms with E-state index in [4.69, 9.17) is 14.5 Å². The molecular weight excluding hydrogens is 669 g/mol. The highest BCUT2D eigenvalue weighted by atomic mass is 127. The molecular formula is C31H23BrIN3O3. The van der Waals surface area contributed by atoms with Crippen molar-refractivity contribution in [2.24, 2.45) is 5.10 Å². The first-order valence-corrected chi connectivity index (χ1v) is 13.9.